The van der Waals surface area contributed by atoms with E-state index in [1.54, 1.807) is 6.07 Å². The third-order valence-electron chi connectivity index (χ3n) is 4.04. The molecule has 22 heavy (non-hydrogen) atoms. The molecule has 1 aromatic rings. The molecule has 2 N–H and O–H groups in total. The number of aryl methyl sites for hydroxylation is 1. The van der Waals surface area contributed by atoms with Crippen LogP contribution in [0.2, 0.25) is 0 Å². The topological polar surface area (TPSA) is 57.5 Å². The molecular weight excluding hydrogens is 276 g/mol. The zero-order valence-electron chi connectivity index (χ0n) is 14.0. The number of aromatic carboxylic acids is 1. The number of benzene rings is 1. The van der Waals surface area contributed by atoms with E-state index in [0.717, 1.165) is 24.3 Å². The van der Waals surface area contributed by atoms with Gasteiger partial charge in [0, 0.05) is 0 Å². The lowest BCUT2D eigenvalue weighted by atomic mass is 10.0. The Bertz CT molecular complexity index is 452. The van der Waals surface area contributed by atoms with E-state index < -0.39 is 5.97 Å². The molecule has 0 aliphatic heterocycles. The lowest BCUT2D eigenvalue weighted by Gasteiger charge is -2.06. The normalized spacial score (nSPS) is 11.0. The van der Waals surface area contributed by atoms with Gasteiger partial charge >= 0.3 is 5.97 Å². The molecule has 0 fully saturated rings. The molecule has 0 saturated carbocycles. The molecule has 0 atom stereocenters. The number of carboxylic acids is 1. The van der Waals surface area contributed by atoms with Gasteiger partial charge in [0.05, 0.1) is 0 Å². The molecular formula is C19H30O3. The van der Waals surface area contributed by atoms with Gasteiger partial charge in [-0.2, -0.15) is 0 Å². The molecule has 124 valence electrons. The lowest BCUT2D eigenvalue weighted by Crippen LogP contribution is -1.98. The number of aromatic hydroxyl groups is 1. The Balaban J connectivity index is 2.12. The second kappa shape index (κ2) is 10.3. The minimum absolute atomic E-state index is 0.00246. The Morgan fingerprint density at radius 1 is 1.00 bits per heavy atom. The standard InChI is InChI=1S/C19H30O3/c1-15(2)10-8-6-4-3-5-7-9-11-16-12-13-18(20)17(14-16)19(21)22/h12-15,20H,3-11H2,1-2H3,(H,21,22). The van der Waals surface area contributed by atoms with E-state index in [1.165, 1.54) is 51.0 Å². The number of rotatable bonds is 11. The van der Waals surface area contributed by atoms with Crippen LogP contribution >= 0.6 is 0 Å². The van der Waals surface area contributed by atoms with Crippen molar-refractivity contribution in [1.82, 2.24) is 0 Å². The summed E-state index contributed by atoms with van der Waals surface area (Å²) in [5.41, 5.74) is 0.995. The molecule has 0 aromatic heterocycles. The number of unbranched alkanes of at least 4 members (excludes halogenated alkanes) is 6. The second-order valence-corrected chi connectivity index (χ2v) is 6.56. The molecule has 0 unspecified atom stereocenters. The fourth-order valence-corrected chi connectivity index (χ4v) is 2.68. The fraction of sp³-hybridized carbons (Fsp3) is 0.632. The van der Waals surface area contributed by atoms with Crippen molar-refractivity contribution in [2.75, 3.05) is 0 Å². The Kier molecular flexibility index (Phi) is 8.64. The van der Waals surface area contributed by atoms with Crippen LogP contribution in [0.15, 0.2) is 18.2 Å². The van der Waals surface area contributed by atoms with Crippen LogP contribution in [-0.2, 0) is 6.42 Å². The van der Waals surface area contributed by atoms with E-state index >= 15 is 0 Å². The summed E-state index contributed by atoms with van der Waals surface area (Å²) in [7, 11) is 0. The summed E-state index contributed by atoms with van der Waals surface area (Å²) in [5, 5.41) is 18.4. The van der Waals surface area contributed by atoms with Crippen LogP contribution in [0.3, 0.4) is 0 Å². The molecule has 0 saturated heterocycles. The highest BCUT2D eigenvalue weighted by atomic mass is 16.4. The maximum Gasteiger partial charge on any atom is 0.339 e. The Hall–Kier alpha value is -1.51. The highest BCUT2D eigenvalue weighted by Crippen LogP contribution is 2.20. The third-order valence-corrected chi connectivity index (χ3v) is 4.04. The molecule has 0 spiro atoms. The third kappa shape index (κ3) is 7.48. The largest absolute Gasteiger partial charge is 0.507 e. The van der Waals surface area contributed by atoms with Crippen molar-refractivity contribution >= 4 is 5.97 Å². The summed E-state index contributed by atoms with van der Waals surface area (Å²) in [4.78, 5) is 11.0. The first-order valence-corrected chi connectivity index (χ1v) is 8.56. The lowest BCUT2D eigenvalue weighted by molar-refractivity contribution is 0.0693. The molecule has 1 rings (SSSR count). The maximum absolute atomic E-state index is 11.0. The second-order valence-electron chi connectivity index (χ2n) is 6.56. The van der Waals surface area contributed by atoms with Crippen LogP contribution in [0, 0.1) is 5.92 Å². The Labute approximate surface area is 134 Å². The van der Waals surface area contributed by atoms with Crippen molar-refractivity contribution in [2.24, 2.45) is 5.92 Å². The zero-order valence-corrected chi connectivity index (χ0v) is 14.0. The van der Waals surface area contributed by atoms with Crippen molar-refractivity contribution in [1.29, 1.82) is 0 Å². The van der Waals surface area contributed by atoms with E-state index in [9.17, 15) is 9.90 Å². The molecule has 0 aliphatic carbocycles. The predicted molar refractivity (Wildman–Crippen MR) is 90.5 cm³/mol. The van der Waals surface area contributed by atoms with E-state index in [4.69, 9.17) is 5.11 Å². The highest BCUT2D eigenvalue weighted by Gasteiger charge is 2.09. The fourth-order valence-electron chi connectivity index (χ4n) is 2.68. The molecule has 0 bridgehead atoms. The maximum atomic E-state index is 11.0. The van der Waals surface area contributed by atoms with Gasteiger partial charge in [-0.05, 0) is 36.5 Å². The molecule has 0 amide bonds. The summed E-state index contributed by atoms with van der Waals surface area (Å²) in [5.74, 6) is -0.403. The first-order chi connectivity index (χ1) is 10.5. The summed E-state index contributed by atoms with van der Waals surface area (Å²) in [6.07, 6.45) is 11.1. The van der Waals surface area contributed by atoms with Gasteiger partial charge in [0.2, 0.25) is 0 Å². The van der Waals surface area contributed by atoms with E-state index in [2.05, 4.69) is 13.8 Å². The quantitative estimate of drug-likeness (QED) is 0.537. The molecule has 0 aliphatic rings. The van der Waals surface area contributed by atoms with E-state index in [0.29, 0.717) is 0 Å². The summed E-state index contributed by atoms with van der Waals surface area (Å²) in [6, 6.07) is 4.88. The van der Waals surface area contributed by atoms with Crippen LogP contribution in [0.25, 0.3) is 0 Å². The van der Waals surface area contributed by atoms with Crippen LogP contribution in [0.1, 0.15) is 81.1 Å². The van der Waals surface area contributed by atoms with Crippen molar-refractivity contribution in [3.05, 3.63) is 29.3 Å². The van der Waals surface area contributed by atoms with Gasteiger partial charge in [-0.1, -0.05) is 64.9 Å². The van der Waals surface area contributed by atoms with Gasteiger partial charge in [-0.25, -0.2) is 4.79 Å². The van der Waals surface area contributed by atoms with Crippen molar-refractivity contribution in [2.45, 2.75) is 71.6 Å². The van der Waals surface area contributed by atoms with Crippen LogP contribution < -0.4 is 0 Å². The van der Waals surface area contributed by atoms with Crippen LogP contribution in [0.4, 0.5) is 0 Å². The average molecular weight is 306 g/mol. The minimum atomic E-state index is -1.07. The average Bonchev–Trinajstić information content (AvgIpc) is 2.46. The number of phenols is 1. The summed E-state index contributed by atoms with van der Waals surface area (Å²) in [6.45, 7) is 4.55. The molecule has 3 nitrogen and oxygen atoms in total. The number of carboxylic acid groups (broad SMARTS) is 1. The highest BCUT2D eigenvalue weighted by molar-refractivity contribution is 5.90. The van der Waals surface area contributed by atoms with E-state index in [-0.39, 0.29) is 11.3 Å². The van der Waals surface area contributed by atoms with Gasteiger partial charge in [0.15, 0.2) is 0 Å². The van der Waals surface area contributed by atoms with Crippen molar-refractivity contribution in [3.8, 4) is 5.75 Å². The first-order valence-electron chi connectivity index (χ1n) is 8.56. The number of carbonyl (C=O) groups is 1. The number of hydrogen-bond acceptors (Lipinski definition) is 2. The molecule has 0 heterocycles. The Morgan fingerprint density at radius 2 is 1.59 bits per heavy atom. The summed E-state index contributed by atoms with van der Waals surface area (Å²) >= 11 is 0. The molecule has 1 aromatic carbocycles. The van der Waals surface area contributed by atoms with Crippen molar-refractivity contribution < 1.29 is 15.0 Å². The molecule has 0 radical (unpaired) electrons. The van der Waals surface area contributed by atoms with Crippen molar-refractivity contribution in [3.63, 3.8) is 0 Å². The van der Waals surface area contributed by atoms with Crippen LogP contribution in [-0.4, -0.2) is 16.2 Å². The van der Waals surface area contributed by atoms with Crippen LogP contribution in [0.5, 0.6) is 5.75 Å². The smallest absolute Gasteiger partial charge is 0.339 e. The SMILES string of the molecule is CC(C)CCCCCCCCCc1ccc(O)c(C(=O)O)c1. The molecule has 3 heteroatoms. The predicted octanol–water partition coefficient (Wildman–Crippen LogP) is 5.41. The minimum Gasteiger partial charge on any atom is -0.507 e. The number of hydrogen-bond donors (Lipinski definition) is 2. The summed E-state index contributed by atoms with van der Waals surface area (Å²) < 4.78 is 0. The van der Waals surface area contributed by atoms with Gasteiger partial charge < -0.3 is 10.2 Å². The first kappa shape index (κ1) is 18.5. The van der Waals surface area contributed by atoms with Gasteiger partial charge in [0.25, 0.3) is 0 Å². The van der Waals surface area contributed by atoms with Gasteiger partial charge in [-0.15, -0.1) is 0 Å². The zero-order chi connectivity index (χ0) is 16.4. The Morgan fingerprint density at radius 3 is 2.18 bits per heavy atom. The van der Waals surface area contributed by atoms with E-state index in [1.807, 2.05) is 6.07 Å². The monoisotopic (exact) mass is 306 g/mol. The van der Waals surface area contributed by atoms with Gasteiger partial charge in [-0.3, -0.25) is 0 Å². The van der Waals surface area contributed by atoms with Gasteiger partial charge in [0.1, 0.15) is 11.3 Å².